The van der Waals surface area contributed by atoms with Gasteiger partial charge < -0.3 is 5.32 Å². The molecule has 25 heavy (non-hydrogen) atoms. The molecule has 0 atom stereocenters. The highest BCUT2D eigenvalue weighted by atomic mass is 79.9. The molecule has 8 heteroatoms. The molecule has 0 radical (unpaired) electrons. The number of rotatable bonds is 6. The highest BCUT2D eigenvalue weighted by molar-refractivity contribution is 9.10. The molecule has 2 rings (SSSR count). The van der Waals surface area contributed by atoms with Gasteiger partial charge in [-0.05, 0) is 36.4 Å². The molecule has 0 saturated carbocycles. The van der Waals surface area contributed by atoms with Crippen molar-refractivity contribution in [1.29, 1.82) is 0 Å². The van der Waals surface area contributed by atoms with Gasteiger partial charge in [-0.25, -0.2) is 8.42 Å². The Kier molecular flexibility index (Phi) is 6.62. The summed E-state index contributed by atoms with van der Waals surface area (Å²) in [5.41, 5.74) is 0.817. The molecule has 2 aromatic rings. The van der Waals surface area contributed by atoms with Crippen LogP contribution in [0.3, 0.4) is 0 Å². The number of nitrogens with zero attached hydrogens (tertiary/aromatic N) is 1. The second-order valence-electron chi connectivity index (χ2n) is 5.20. The summed E-state index contributed by atoms with van der Waals surface area (Å²) in [6.07, 6.45) is 0. The molecule has 0 saturated heterocycles. The average molecular weight is 446 g/mol. The fourth-order valence-corrected chi connectivity index (χ4v) is 4.67. The first-order valence-corrected chi connectivity index (χ1v) is 10.3. The minimum absolute atomic E-state index is 0.0697. The van der Waals surface area contributed by atoms with Crippen LogP contribution in [-0.2, 0) is 10.0 Å². The maximum absolute atomic E-state index is 12.7. The molecular formula is C17H18BrClN2O3S. The number of hydrogen-bond donors (Lipinski definition) is 1. The number of carbonyl (C=O) groups excluding carboxylic acids is 1. The van der Waals surface area contributed by atoms with Gasteiger partial charge in [0.25, 0.3) is 5.91 Å². The molecule has 0 aromatic heterocycles. The Morgan fingerprint density at radius 1 is 1.16 bits per heavy atom. The molecule has 0 heterocycles. The third-order valence-electron chi connectivity index (χ3n) is 3.60. The molecular weight excluding hydrogens is 428 g/mol. The van der Waals surface area contributed by atoms with Gasteiger partial charge in [0.1, 0.15) is 4.90 Å². The van der Waals surface area contributed by atoms with E-state index in [0.717, 1.165) is 4.47 Å². The van der Waals surface area contributed by atoms with Crippen LogP contribution in [0.5, 0.6) is 0 Å². The van der Waals surface area contributed by atoms with Crippen LogP contribution in [-0.4, -0.2) is 31.7 Å². The van der Waals surface area contributed by atoms with Crippen LogP contribution in [0.2, 0.25) is 5.02 Å². The minimum atomic E-state index is -3.75. The second kappa shape index (κ2) is 8.31. The van der Waals surface area contributed by atoms with Crippen molar-refractivity contribution in [3.05, 3.63) is 57.5 Å². The number of carbonyl (C=O) groups is 1. The lowest BCUT2D eigenvalue weighted by molar-refractivity contribution is 0.102. The highest BCUT2D eigenvalue weighted by Gasteiger charge is 2.25. The van der Waals surface area contributed by atoms with Crippen molar-refractivity contribution in [2.75, 3.05) is 18.4 Å². The lowest BCUT2D eigenvalue weighted by Gasteiger charge is -2.19. The monoisotopic (exact) mass is 444 g/mol. The summed E-state index contributed by atoms with van der Waals surface area (Å²) in [7, 11) is -3.75. The Morgan fingerprint density at radius 2 is 1.84 bits per heavy atom. The zero-order chi connectivity index (χ0) is 18.6. The molecule has 1 amide bonds. The van der Waals surface area contributed by atoms with E-state index in [1.54, 1.807) is 32.0 Å². The summed E-state index contributed by atoms with van der Waals surface area (Å²) in [6, 6.07) is 11.4. The molecule has 0 aliphatic carbocycles. The zero-order valence-corrected chi connectivity index (χ0v) is 17.0. The van der Waals surface area contributed by atoms with E-state index < -0.39 is 15.9 Å². The summed E-state index contributed by atoms with van der Waals surface area (Å²) >= 11 is 9.41. The molecule has 2 aromatic carbocycles. The van der Waals surface area contributed by atoms with Gasteiger partial charge in [-0.2, -0.15) is 4.31 Å². The van der Waals surface area contributed by atoms with Gasteiger partial charge in [-0.3, -0.25) is 4.79 Å². The summed E-state index contributed by atoms with van der Waals surface area (Å²) in [4.78, 5) is 12.4. The van der Waals surface area contributed by atoms with Crippen LogP contribution in [0.25, 0.3) is 0 Å². The van der Waals surface area contributed by atoms with Crippen LogP contribution in [0.1, 0.15) is 24.2 Å². The van der Waals surface area contributed by atoms with Gasteiger partial charge >= 0.3 is 0 Å². The molecule has 1 N–H and O–H groups in total. The first-order chi connectivity index (χ1) is 11.8. The number of halogens is 2. The van der Waals surface area contributed by atoms with Crippen LogP contribution in [0.4, 0.5) is 5.69 Å². The van der Waals surface area contributed by atoms with Crippen LogP contribution in [0, 0.1) is 0 Å². The molecule has 0 fully saturated rings. The van der Waals surface area contributed by atoms with Crippen LogP contribution >= 0.6 is 27.5 Å². The third kappa shape index (κ3) is 4.61. The summed E-state index contributed by atoms with van der Waals surface area (Å²) in [5, 5.41) is 2.82. The minimum Gasteiger partial charge on any atom is -0.322 e. The van der Waals surface area contributed by atoms with E-state index in [4.69, 9.17) is 11.6 Å². The standard InChI is InChI=1S/C17H18BrClN2O3S/c1-3-21(4-2)25(23,24)16-10-12(8-9-15(16)19)17(22)20-14-7-5-6-13(18)11-14/h5-11H,3-4H2,1-2H3,(H,20,22). The Labute approximate surface area is 161 Å². The number of amides is 1. The summed E-state index contributed by atoms with van der Waals surface area (Å²) in [5.74, 6) is -0.411. The van der Waals surface area contributed by atoms with Crippen LogP contribution in [0.15, 0.2) is 51.8 Å². The lowest BCUT2D eigenvalue weighted by Crippen LogP contribution is -2.31. The SMILES string of the molecule is CCN(CC)S(=O)(=O)c1cc(C(=O)Nc2cccc(Br)c2)ccc1Cl. The van der Waals surface area contributed by atoms with Crippen LogP contribution < -0.4 is 5.32 Å². The molecule has 0 aliphatic heterocycles. The van der Waals surface area contributed by atoms with E-state index in [0.29, 0.717) is 18.8 Å². The zero-order valence-electron chi connectivity index (χ0n) is 13.8. The lowest BCUT2D eigenvalue weighted by atomic mass is 10.2. The maximum atomic E-state index is 12.7. The number of benzene rings is 2. The topological polar surface area (TPSA) is 66.5 Å². The van der Waals surface area contributed by atoms with E-state index in [-0.39, 0.29) is 15.5 Å². The van der Waals surface area contributed by atoms with Gasteiger partial charge in [-0.15, -0.1) is 0 Å². The quantitative estimate of drug-likeness (QED) is 0.717. The van der Waals surface area contributed by atoms with Gasteiger partial charge in [0.15, 0.2) is 0 Å². The number of hydrogen-bond acceptors (Lipinski definition) is 3. The Morgan fingerprint density at radius 3 is 2.44 bits per heavy atom. The van der Waals surface area contributed by atoms with Crippen molar-refractivity contribution in [1.82, 2.24) is 4.31 Å². The number of anilines is 1. The largest absolute Gasteiger partial charge is 0.322 e. The normalized spacial score (nSPS) is 11.6. The van der Waals surface area contributed by atoms with E-state index in [2.05, 4.69) is 21.2 Å². The van der Waals surface area contributed by atoms with Crippen molar-refractivity contribution < 1.29 is 13.2 Å². The van der Waals surface area contributed by atoms with E-state index in [1.165, 1.54) is 22.5 Å². The van der Waals surface area contributed by atoms with E-state index in [1.807, 2.05) is 6.07 Å². The van der Waals surface area contributed by atoms with Crippen molar-refractivity contribution in [3.63, 3.8) is 0 Å². The van der Waals surface area contributed by atoms with Crippen molar-refractivity contribution in [2.45, 2.75) is 18.7 Å². The first-order valence-electron chi connectivity index (χ1n) is 7.66. The molecule has 0 spiro atoms. The van der Waals surface area contributed by atoms with Gasteiger partial charge in [-0.1, -0.05) is 47.4 Å². The Hall–Kier alpha value is -1.41. The molecule has 0 unspecified atom stereocenters. The number of nitrogens with one attached hydrogen (secondary N) is 1. The van der Waals surface area contributed by atoms with Crippen molar-refractivity contribution >= 4 is 49.1 Å². The van der Waals surface area contributed by atoms with Crippen molar-refractivity contribution in [3.8, 4) is 0 Å². The van der Waals surface area contributed by atoms with Crippen molar-refractivity contribution in [2.24, 2.45) is 0 Å². The number of sulfonamides is 1. The third-order valence-corrected chi connectivity index (χ3v) is 6.62. The van der Waals surface area contributed by atoms with Gasteiger partial charge in [0.05, 0.1) is 5.02 Å². The average Bonchev–Trinajstić information content (AvgIpc) is 2.55. The van der Waals surface area contributed by atoms with Gasteiger partial charge in [0.2, 0.25) is 10.0 Å². The first kappa shape index (κ1) is 19.9. The molecule has 0 aliphatic rings. The summed E-state index contributed by atoms with van der Waals surface area (Å²) in [6.45, 7) is 4.14. The highest BCUT2D eigenvalue weighted by Crippen LogP contribution is 2.26. The second-order valence-corrected chi connectivity index (χ2v) is 8.43. The molecule has 0 bridgehead atoms. The predicted molar refractivity (Wildman–Crippen MR) is 104 cm³/mol. The fraction of sp³-hybridized carbons (Fsp3) is 0.235. The van der Waals surface area contributed by atoms with E-state index in [9.17, 15) is 13.2 Å². The van der Waals surface area contributed by atoms with E-state index >= 15 is 0 Å². The fourth-order valence-electron chi connectivity index (χ4n) is 2.31. The maximum Gasteiger partial charge on any atom is 0.255 e. The summed E-state index contributed by atoms with van der Waals surface area (Å²) < 4.78 is 27.5. The Balaban J connectivity index is 2.37. The predicted octanol–water partition coefficient (Wildman–Crippen LogP) is 4.39. The Bertz CT molecular complexity index is 883. The van der Waals surface area contributed by atoms with Gasteiger partial charge in [0, 0.05) is 28.8 Å². The molecule has 5 nitrogen and oxygen atoms in total. The molecule has 134 valence electrons. The smallest absolute Gasteiger partial charge is 0.255 e.